The van der Waals surface area contributed by atoms with E-state index in [-0.39, 0.29) is 4.70 Å². The predicted octanol–water partition coefficient (Wildman–Crippen LogP) is 3.85. The molecular weight excluding hydrogens is 397 g/mol. The van der Waals surface area contributed by atoms with Crippen molar-refractivity contribution in [2.24, 2.45) is 7.05 Å². The summed E-state index contributed by atoms with van der Waals surface area (Å²) in [5.41, 5.74) is 3.04. The summed E-state index contributed by atoms with van der Waals surface area (Å²) in [5.74, 6) is 1.41. The van der Waals surface area contributed by atoms with E-state index < -0.39 is 0 Å². The van der Waals surface area contributed by atoms with E-state index in [0.717, 1.165) is 49.0 Å². The van der Waals surface area contributed by atoms with E-state index in [1.165, 1.54) is 25.0 Å². The third-order valence-corrected chi connectivity index (χ3v) is 5.14. The van der Waals surface area contributed by atoms with Crippen LogP contribution in [0.2, 0.25) is 0 Å². The fraction of sp³-hybridized carbons (Fsp3) is 0.500. The second kappa shape index (κ2) is 11.4. The van der Waals surface area contributed by atoms with Crippen molar-refractivity contribution in [2.75, 3.05) is 31.2 Å². The molecule has 0 atom stereocenters. The highest BCUT2D eigenvalue weighted by Gasteiger charge is 2.26. The van der Waals surface area contributed by atoms with Crippen LogP contribution in [0, 0.1) is 6.92 Å². The molecule has 7 nitrogen and oxygen atoms in total. The van der Waals surface area contributed by atoms with E-state index in [2.05, 4.69) is 27.1 Å². The Morgan fingerprint density at radius 1 is 1.07 bits per heavy atom. The maximum absolute atomic E-state index is 8.00. The number of halogens is 3. The molecule has 4 heterocycles. The van der Waals surface area contributed by atoms with Gasteiger partial charge < -0.3 is 9.64 Å². The van der Waals surface area contributed by atoms with E-state index in [4.69, 9.17) is 23.9 Å². The lowest BCUT2D eigenvalue weighted by Gasteiger charge is -2.30. The average Bonchev–Trinajstić information content (AvgIpc) is 3.20. The summed E-state index contributed by atoms with van der Waals surface area (Å²) < 4.78 is 23.2. The molecule has 3 aromatic rings. The molecule has 0 unspecified atom stereocenters. The second-order valence-corrected chi connectivity index (χ2v) is 7.14. The number of anilines is 1. The minimum absolute atomic E-state index is 0. The van der Waals surface area contributed by atoms with Gasteiger partial charge in [0.1, 0.15) is 0 Å². The van der Waals surface area contributed by atoms with E-state index in [9.17, 15) is 0 Å². The number of hydrogen-bond acceptors (Lipinski definition) is 6. The van der Waals surface area contributed by atoms with Gasteiger partial charge in [-0.3, -0.25) is 9.39 Å². The lowest BCUT2D eigenvalue weighted by molar-refractivity contribution is 0.108. The van der Waals surface area contributed by atoms with Gasteiger partial charge in [0.15, 0.2) is 5.65 Å². The molecule has 1 saturated heterocycles. The molecule has 0 radical (unpaired) electrons. The van der Waals surface area contributed by atoms with Gasteiger partial charge in [-0.05, 0) is 38.0 Å². The van der Waals surface area contributed by atoms with Crippen molar-refractivity contribution >= 4 is 17.0 Å². The summed E-state index contributed by atoms with van der Waals surface area (Å²) in [5, 5.41) is 4.96. The lowest BCUT2D eigenvalue weighted by atomic mass is 9.82. The van der Waals surface area contributed by atoms with Crippen molar-refractivity contribution < 1.29 is 18.6 Å². The Hall–Kier alpha value is -2.75. The van der Waals surface area contributed by atoms with Crippen LogP contribution in [0.3, 0.4) is 0 Å². The Morgan fingerprint density at radius 3 is 2.33 bits per heavy atom. The van der Waals surface area contributed by atoms with Gasteiger partial charge >= 0.3 is 0 Å². The summed E-state index contributed by atoms with van der Waals surface area (Å²) in [7, 11) is 1.89. The Balaban J connectivity index is 0.000000305. The first kappa shape index (κ1) is 23.5. The fourth-order valence-corrected chi connectivity index (χ4v) is 3.36. The molecule has 1 aliphatic heterocycles. The zero-order chi connectivity index (χ0) is 20.6. The molecule has 3 aromatic heterocycles. The number of ether oxygens (including phenoxy) is 1. The summed E-state index contributed by atoms with van der Waals surface area (Å²) in [6.45, 7) is 5.24. The van der Waals surface area contributed by atoms with Gasteiger partial charge in [-0.2, -0.15) is 10.1 Å². The molecule has 10 heteroatoms. The number of morpholine rings is 1. The third kappa shape index (κ3) is 5.65. The summed E-state index contributed by atoms with van der Waals surface area (Å²) in [6.07, 6.45) is 7.42. The van der Waals surface area contributed by atoms with Crippen molar-refractivity contribution in [1.29, 1.82) is 0 Å². The molecule has 0 bridgehead atoms. The predicted molar refractivity (Wildman–Crippen MR) is 110 cm³/mol. The summed E-state index contributed by atoms with van der Waals surface area (Å²) in [6, 6.07) is 6.08. The van der Waals surface area contributed by atoms with Gasteiger partial charge in [-0.15, -0.1) is 0 Å². The molecule has 0 N–H and O–H groups in total. The van der Waals surface area contributed by atoms with E-state index in [0.29, 0.717) is 5.92 Å². The Bertz CT molecular complexity index is 899. The molecule has 0 spiro atoms. The first-order valence-corrected chi connectivity index (χ1v) is 9.76. The Morgan fingerprint density at radius 2 is 1.80 bits per heavy atom. The Kier molecular flexibility index (Phi) is 8.97. The topological polar surface area (TPSA) is 69.0 Å². The van der Waals surface area contributed by atoms with Gasteiger partial charge in [0.05, 0.1) is 18.9 Å². The van der Waals surface area contributed by atoms with Crippen molar-refractivity contribution in [2.45, 2.75) is 32.1 Å². The molecular formula is C20H27F3N6O. The molecule has 2 fully saturated rings. The minimum Gasteiger partial charge on any atom is -0.378 e. The highest BCUT2D eigenvalue weighted by Crippen LogP contribution is 2.38. The molecule has 2 aliphatic rings. The van der Waals surface area contributed by atoms with Crippen LogP contribution in [0.5, 0.6) is 0 Å². The molecule has 30 heavy (non-hydrogen) atoms. The van der Waals surface area contributed by atoms with Gasteiger partial charge in [0, 0.05) is 58.7 Å². The van der Waals surface area contributed by atoms with Crippen LogP contribution in [0.1, 0.15) is 36.6 Å². The normalized spacial score (nSPS) is 15.8. The highest BCUT2D eigenvalue weighted by molar-refractivity contribution is 5.79. The maximum Gasteiger partial charge on any atom is 0.227 e. The van der Waals surface area contributed by atoms with Crippen molar-refractivity contribution in [1.82, 2.24) is 24.7 Å². The zero-order valence-corrected chi connectivity index (χ0v) is 17.2. The van der Waals surface area contributed by atoms with E-state index >= 15 is 0 Å². The average molecular weight is 424 g/mol. The number of aryl methyl sites for hydroxylation is 2. The van der Waals surface area contributed by atoms with Gasteiger partial charge in [-0.25, -0.2) is 9.97 Å². The van der Waals surface area contributed by atoms with Gasteiger partial charge in [0.25, 0.3) is 0 Å². The lowest BCUT2D eigenvalue weighted by Crippen LogP contribution is -2.37. The smallest absolute Gasteiger partial charge is 0.227 e. The molecule has 1 saturated carbocycles. The van der Waals surface area contributed by atoms with Crippen molar-refractivity contribution in [3.05, 3.63) is 42.0 Å². The number of fused-ring (bicyclic) bond motifs is 1. The number of nitrogens with zero attached hydrogens (tertiary/aromatic N) is 6. The number of hydrogen-bond donors (Lipinski definition) is 0. The first-order chi connectivity index (χ1) is 14.2. The van der Waals surface area contributed by atoms with E-state index in [1.807, 2.05) is 26.2 Å². The highest BCUT2D eigenvalue weighted by atomic mass is 20.0. The minimum atomic E-state index is 0. The molecule has 1 aliphatic carbocycles. The van der Waals surface area contributed by atoms with Crippen molar-refractivity contribution in [3.8, 4) is 0 Å². The van der Waals surface area contributed by atoms with E-state index in [1.54, 1.807) is 10.9 Å². The van der Waals surface area contributed by atoms with Crippen LogP contribution in [-0.4, -0.2) is 51.0 Å². The van der Waals surface area contributed by atoms with Crippen LogP contribution in [0.25, 0.3) is 11.0 Å². The van der Waals surface area contributed by atoms with Crippen LogP contribution in [0.15, 0.2) is 30.6 Å². The summed E-state index contributed by atoms with van der Waals surface area (Å²) >= 11 is 0. The molecule has 5 rings (SSSR count). The van der Waals surface area contributed by atoms with Crippen LogP contribution >= 0.6 is 0 Å². The van der Waals surface area contributed by atoms with Crippen LogP contribution in [0.4, 0.5) is 19.8 Å². The zero-order valence-electron chi connectivity index (χ0n) is 17.2. The summed E-state index contributed by atoms with van der Waals surface area (Å²) in [4.78, 5) is 16.4. The quantitative estimate of drug-likeness (QED) is 0.623. The standard InChI is InChI=1S/C16H20N4O.C4H6N2.F2.FH/c1-11-5-6-13-14(12-3-2-4-12)18-16(19-15(13)17-11)20-7-9-21-10-8-20;1-6-4-2-3-5-6;1-2;/h5-6,12H,2-4,7-10H2,1H3;2-4H,1H3;;1H. The molecule has 164 valence electrons. The fourth-order valence-electron chi connectivity index (χ4n) is 3.36. The number of rotatable bonds is 2. The maximum atomic E-state index is 8.00. The van der Waals surface area contributed by atoms with Gasteiger partial charge in [0.2, 0.25) is 5.95 Å². The largest absolute Gasteiger partial charge is 0.378 e. The van der Waals surface area contributed by atoms with Gasteiger partial charge in [-0.1, -0.05) is 6.42 Å². The van der Waals surface area contributed by atoms with Crippen LogP contribution < -0.4 is 4.90 Å². The third-order valence-electron chi connectivity index (χ3n) is 5.14. The first-order valence-electron chi connectivity index (χ1n) is 9.76. The molecule has 0 amide bonds. The SMILES string of the molecule is Cc1ccc2c(C3CCC3)nc(N3CCOCC3)nc2n1.Cn1cccn1.F.FF. The second-order valence-electron chi connectivity index (χ2n) is 7.14. The Labute approximate surface area is 173 Å². The number of pyridine rings is 1. The van der Waals surface area contributed by atoms with Crippen LogP contribution in [-0.2, 0) is 11.8 Å². The molecule has 0 aromatic carbocycles. The number of aromatic nitrogens is 5. The monoisotopic (exact) mass is 424 g/mol. The van der Waals surface area contributed by atoms with Crippen molar-refractivity contribution in [3.63, 3.8) is 0 Å².